The highest BCUT2D eigenvalue weighted by Crippen LogP contribution is 2.39. The van der Waals surface area contributed by atoms with Crippen molar-refractivity contribution in [3.05, 3.63) is 76.3 Å². The number of aromatic nitrogens is 3. The molecule has 0 aliphatic carbocycles. The fourth-order valence-corrected chi connectivity index (χ4v) is 5.05. The quantitative estimate of drug-likeness (QED) is 0.177. The number of para-hydroxylation sites is 1. The molecule has 42 heavy (non-hydrogen) atoms. The van der Waals surface area contributed by atoms with Crippen molar-refractivity contribution in [3.63, 3.8) is 0 Å². The highest BCUT2D eigenvalue weighted by atomic mass is 32.1. The summed E-state index contributed by atoms with van der Waals surface area (Å²) in [6.45, 7) is 7.26. The van der Waals surface area contributed by atoms with Crippen LogP contribution in [0.1, 0.15) is 41.8 Å². The summed E-state index contributed by atoms with van der Waals surface area (Å²) in [5.41, 5.74) is 2.10. The Kier molecular flexibility index (Phi) is 8.69. The zero-order valence-corrected chi connectivity index (χ0v) is 24.1. The Morgan fingerprint density at radius 2 is 1.93 bits per heavy atom. The summed E-state index contributed by atoms with van der Waals surface area (Å²) in [6.07, 6.45) is 2.35. The van der Waals surface area contributed by atoms with E-state index in [1.54, 1.807) is 29.8 Å². The molecule has 0 unspecified atom stereocenters. The van der Waals surface area contributed by atoms with Crippen LogP contribution in [0.3, 0.4) is 0 Å². The van der Waals surface area contributed by atoms with E-state index in [0.717, 1.165) is 35.6 Å². The first-order valence-electron chi connectivity index (χ1n) is 13.4. The van der Waals surface area contributed by atoms with Crippen LogP contribution in [0.4, 0.5) is 36.2 Å². The van der Waals surface area contributed by atoms with Gasteiger partial charge >= 0.3 is 6.03 Å². The number of carbonyl (C=O) groups excluding carboxylic acids is 2. The number of halogens is 2. The van der Waals surface area contributed by atoms with E-state index in [0.29, 0.717) is 40.1 Å². The number of anilines is 4. The molecule has 3 heterocycles. The van der Waals surface area contributed by atoms with E-state index in [-0.39, 0.29) is 24.2 Å². The molecule has 0 spiro atoms. The summed E-state index contributed by atoms with van der Waals surface area (Å²) in [5, 5.41) is 14.2. The Morgan fingerprint density at radius 1 is 1.14 bits per heavy atom. The normalized spacial score (nSPS) is 12.7. The SMILES string of the molecule is Cc1ccc(C(=O)Nc2nccs2)cc1-c1nc(NCCCNC(C)C)nc2c1CNC(=O)N2c1c(F)cccc1F. The number of carbonyl (C=O) groups is 2. The molecule has 5 rings (SSSR count). The van der Waals surface area contributed by atoms with Gasteiger partial charge in [0.2, 0.25) is 5.95 Å². The second-order valence-corrected chi connectivity index (χ2v) is 10.9. The zero-order chi connectivity index (χ0) is 29.8. The molecule has 1 aliphatic rings. The molecule has 0 saturated carbocycles. The van der Waals surface area contributed by atoms with Gasteiger partial charge < -0.3 is 16.0 Å². The molecule has 4 N–H and O–H groups in total. The van der Waals surface area contributed by atoms with Crippen LogP contribution in [-0.2, 0) is 6.54 Å². The Morgan fingerprint density at radius 3 is 2.64 bits per heavy atom. The molecule has 0 saturated heterocycles. The van der Waals surface area contributed by atoms with Crippen molar-refractivity contribution in [1.82, 2.24) is 25.6 Å². The van der Waals surface area contributed by atoms with Crippen LogP contribution in [0.15, 0.2) is 48.0 Å². The molecule has 2 aromatic heterocycles. The van der Waals surface area contributed by atoms with Crippen molar-refractivity contribution in [3.8, 4) is 11.3 Å². The fraction of sp³-hybridized carbons (Fsp3) is 0.276. The molecule has 218 valence electrons. The highest BCUT2D eigenvalue weighted by Gasteiger charge is 2.34. The number of rotatable bonds is 10. The number of aryl methyl sites for hydroxylation is 1. The zero-order valence-electron chi connectivity index (χ0n) is 23.3. The molecular formula is C29H30F2N8O2S. The van der Waals surface area contributed by atoms with E-state index in [1.807, 2.05) is 6.92 Å². The van der Waals surface area contributed by atoms with E-state index in [4.69, 9.17) is 4.98 Å². The second-order valence-electron chi connectivity index (χ2n) is 9.97. The number of fused-ring (bicyclic) bond motifs is 1. The van der Waals surface area contributed by atoms with Gasteiger partial charge in [-0.15, -0.1) is 11.3 Å². The smallest absolute Gasteiger partial charge is 0.328 e. The van der Waals surface area contributed by atoms with Gasteiger partial charge in [0.15, 0.2) is 10.9 Å². The van der Waals surface area contributed by atoms with Crippen LogP contribution in [0.2, 0.25) is 0 Å². The van der Waals surface area contributed by atoms with Crippen LogP contribution in [-0.4, -0.2) is 46.0 Å². The highest BCUT2D eigenvalue weighted by molar-refractivity contribution is 7.13. The lowest BCUT2D eigenvalue weighted by Crippen LogP contribution is -2.43. The topological polar surface area (TPSA) is 124 Å². The molecule has 3 amide bonds. The van der Waals surface area contributed by atoms with Crippen molar-refractivity contribution in [1.29, 1.82) is 0 Å². The van der Waals surface area contributed by atoms with Gasteiger partial charge in [-0.2, -0.15) is 4.98 Å². The standard InChI is InChI=1S/C29H30F2N8O2S/c1-16(2)32-10-5-11-33-27-36-23(19-14-18(9-8-17(19)3)26(40)38-28-34-12-13-42-28)20-15-35-29(41)39(25(20)37-27)24-21(30)6-4-7-22(24)31/h4,6-9,12-14,16,32H,5,10-11,15H2,1-3H3,(H,35,41)(H,33,36,37)(H,34,38,40). The number of urea groups is 1. The minimum atomic E-state index is -0.913. The number of hydrogen-bond acceptors (Lipinski definition) is 8. The van der Waals surface area contributed by atoms with E-state index in [2.05, 4.69) is 45.1 Å². The average molecular weight is 593 g/mol. The molecule has 13 heteroatoms. The van der Waals surface area contributed by atoms with Crippen LogP contribution in [0.25, 0.3) is 11.3 Å². The largest absolute Gasteiger partial charge is 0.354 e. The predicted octanol–water partition coefficient (Wildman–Crippen LogP) is 5.60. The van der Waals surface area contributed by atoms with Crippen molar-refractivity contribution >= 4 is 45.9 Å². The van der Waals surface area contributed by atoms with Gasteiger partial charge in [0.1, 0.15) is 17.3 Å². The second kappa shape index (κ2) is 12.6. The lowest BCUT2D eigenvalue weighted by Gasteiger charge is -2.31. The molecule has 0 bridgehead atoms. The van der Waals surface area contributed by atoms with Gasteiger partial charge in [-0.25, -0.2) is 28.4 Å². The Labute approximate surface area is 245 Å². The molecule has 0 radical (unpaired) electrons. The van der Waals surface area contributed by atoms with Crippen LogP contribution < -0.4 is 26.2 Å². The molecule has 0 atom stereocenters. The number of hydrogen-bond donors (Lipinski definition) is 4. The Hall–Kier alpha value is -4.49. The van der Waals surface area contributed by atoms with Crippen molar-refractivity contribution in [2.45, 2.75) is 39.8 Å². The Balaban J connectivity index is 1.60. The van der Waals surface area contributed by atoms with Gasteiger partial charge in [0, 0.05) is 40.9 Å². The molecule has 1 aliphatic heterocycles. The minimum Gasteiger partial charge on any atom is -0.354 e. The maximum atomic E-state index is 15.0. The third-order valence-corrected chi connectivity index (χ3v) is 7.26. The van der Waals surface area contributed by atoms with E-state index >= 15 is 0 Å². The number of nitrogens with one attached hydrogen (secondary N) is 4. The van der Waals surface area contributed by atoms with E-state index < -0.39 is 23.4 Å². The van der Waals surface area contributed by atoms with Crippen molar-refractivity contribution in [2.75, 3.05) is 28.6 Å². The van der Waals surface area contributed by atoms with Gasteiger partial charge in [-0.1, -0.05) is 26.0 Å². The third-order valence-electron chi connectivity index (χ3n) is 6.57. The van der Waals surface area contributed by atoms with Crippen LogP contribution in [0.5, 0.6) is 0 Å². The van der Waals surface area contributed by atoms with Gasteiger partial charge in [0.05, 0.1) is 12.2 Å². The number of nitrogens with zero attached hydrogens (tertiary/aromatic N) is 4. The fourth-order valence-electron chi connectivity index (χ4n) is 4.52. The lowest BCUT2D eigenvalue weighted by molar-refractivity contribution is 0.102. The van der Waals surface area contributed by atoms with E-state index in [9.17, 15) is 18.4 Å². The lowest BCUT2D eigenvalue weighted by atomic mass is 9.97. The minimum absolute atomic E-state index is 0.0175. The number of benzene rings is 2. The first kappa shape index (κ1) is 29.0. The molecule has 4 aromatic rings. The van der Waals surface area contributed by atoms with Crippen molar-refractivity contribution in [2.24, 2.45) is 0 Å². The average Bonchev–Trinajstić information content (AvgIpc) is 3.46. The summed E-state index contributed by atoms with van der Waals surface area (Å²) in [5.74, 6) is -1.95. The molecule has 0 fully saturated rings. The maximum Gasteiger partial charge on any atom is 0.328 e. The van der Waals surface area contributed by atoms with Gasteiger partial charge in [0.25, 0.3) is 5.91 Å². The van der Waals surface area contributed by atoms with Crippen LogP contribution >= 0.6 is 11.3 Å². The molecule has 2 aromatic carbocycles. The summed E-state index contributed by atoms with van der Waals surface area (Å²) >= 11 is 1.30. The summed E-state index contributed by atoms with van der Waals surface area (Å²) in [6, 6.07) is 8.18. The first-order chi connectivity index (χ1) is 20.2. The first-order valence-corrected chi connectivity index (χ1v) is 14.3. The van der Waals surface area contributed by atoms with Crippen LogP contribution in [0, 0.1) is 18.6 Å². The van der Waals surface area contributed by atoms with Crippen molar-refractivity contribution < 1.29 is 18.4 Å². The summed E-state index contributed by atoms with van der Waals surface area (Å²) < 4.78 is 29.9. The summed E-state index contributed by atoms with van der Waals surface area (Å²) in [7, 11) is 0. The number of amides is 3. The third kappa shape index (κ3) is 6.21. The Bertz CT molecular complexity index is 1590. The number of thiazole rings is 1. The van der Waals surface area contributed by atoms with E-state index in [1.165, 1.54) is 17.4 Å². The maximum absolute atomic E-state index is 15.0. The predicted molar refractivity (Wildman–Crippen MR) is 159 cm³/mol. The van der Waals surface area contributed by atoms with Gasteiger partial charge in [-0.3, -0.25) is 10.1 Å². The van der Waals surface area contributed by atoms with Gasteiger partial charge in [-0.05, 0) is 49.7 Å². The monoisotopic (exact) mass is 592 g/mol. The molecular weight excluding hydrogens is 562 g/mol. The molecule has 10 nitrogen and oxygen atoms in total. The summed E-state index contributed by atoms with van der Waals surface area (Å²) in [4.78, 5) is 40.4.